The number of carbonyl (C=O) groups is 1. The van der Waals surface area contributed by atoms with E-state index in [1.807, 2.05) is 29.1 Å². The topological polar surface area (TPSA) is 91.2 Å². The summed E-state index contributed by atoms with van der Waals surface area (Å²) in [7, 11) is 2.11. The summed E-state index contributed by atoms with van der Waals surface area (Å²) >= 11 is 0. The number of nitrogens with zero attached hydrogens (tertiary/aromatic N) is 5. The molecule has 0 unspecified atom stereocenters. The molecule has 4 aromatic rings. The summed E-state index contributed by atoms with van der Waals surface area (Å²) < 4.78 is 1.87. The average molecular weight is 375 g/mol. The van der Waals surface area contributed by atoms with Gasteiger partial charge in [-0.2, -0.15) is 0 Å². The van der Waals surface area contributed by atoms with E-state index in [2.05, 4.69) is 37.2 Å². The molecular formula is C20H21N7O. The molecule has 1 aliphatic heterocycles. The van der Waals surface area contributed by atoms with Crippen LogP contribution in [0.2, 0.25) is 0 Å². The van der Waals surface area contributed by atoms with Crippen LogP contribution < -0.4 is 5.32 Å². The van der Waals surface area contributed by atoms with Crippen molar-refractivity contribution in [3.63, 3.8) is 0 Å². The van der Waals surface area contributed by atoms with Crippen LogP contribution in [0.4, 0.5) is 0 Å². The van der Waals surface area contributed by atoms with Crippen molar-refractivity contribution in [2.45, 2.75) is 18.9 Å². The highest BCUT2D eigenvalue weighted by Gasteiger charge is 2.20. The molecule has 1 aliphatic rings. The Labute approximate surface area is 161 Å². The van der Waals surface area contributed by atoms with E-state index in [1.165, 1.54) is 0 Å². The first kappa shape index (κ1) is 16.9. The smallest absolute Gasteiger partial charge is 0.253 e. The van der Waals surface area contributed by atoms with Gasteiger partial charge in [0.1, 0.15) is 5.65 Å². The van der Waals surface area contributed by atoms with Crippen molar-refractivity contribution in [3.8, 4) is 11.1 Å². The summed E-state index contributed by atoms with van der Waals surface area (Å²) in [5.41, 5.74) is 3.21. The molecule has 5 rings (SSSR count). The Morgan fingerprint density at radius 2 is 2.07 bits per heavy atom. The first-order chi connectivity index (χ1) is 13.7. The van der Waals surface area contributed by atoms with Crippen molar-refractivity contribution in [1.82, 2.24) is 34.6 Å². The fourth-order valence-corrected chi connectivity index (χ4v) is 3.74. The molecule has 1 fully saturated rings. The highest BCUT2D eigenvalue weighted by atomic mass is 16.1. The zero-order valence-electron chi connectivity index (χ0n) is 15.6. The van der Waals surface area contributed by atoms with Crippen LogP contribution in [0.25, 0.3) is 27.9 Å². The number of aromatic nitrogens is 5. The van der Waals surface area contributed by atoms with E-state index in [-0.39, 0.29) is 11.9 Å². The van der Waals surface area contributed by atoms with Gasteiger partial charge in [0, 0.05) is 59.7 Å². The number of fused-ring (bicyclic) bond motifs is 2. The maximum atomic E-state index is 12.7. The Kier molecular flexibility index (Phi) is 4.05. The number of hydrogen-bond acceptors (Lipinski definition) is 5. The normalized spacial score (nSPS) is 16.0. The zero-order chi connectivity index (χ0) is 19.1. The molecule has 4 aromatic heterocycles. The largest absolute Gasteiger partial charge is 0.349 e. The lowest BCUT2D eigenvalue weighted by Crippen LogP contribution is -2.43. The molecule has 2 N–H and O–H groups in total. The minimum Gasteiger partial charge on any atom is -0.349 e. The van der Waals surface area contributed by atoms with Gasteiger partial charge in [-0.3, -0.25) is 9.20 Å². The third kappa shape index (κ3) is 3.01. The van der Waals surface area contributed by atoms with E-state index >= 15 is 0 Å². The van der Waals surface area contributed by atoms with Crippen LogP contribution in [0.3, 0.4) is 0 Å². The number of pyridine rings is 1. The summed E-state index contributed by atoms with van der Waals surface area (Å²) in [5.74, 6) is 0.583. The number of rotatable bonds is 3. The van der Waals surface area contributed by atoms with Crippen molar-refractivity contribution in [1.29, 1.82) is 0 Å². The molecule has 0 aliphatic carbocycles. The number of imidazole rings is 1. The predicted octanol–water partition coefficient (Wildman–Crippen LogP) is 2.10. The zero-order valence-corrected chi connectivity index (χ0v) is 15.6. The third-order valence-electron chi connectivity index (χ3n) is 5.40. The predicted molar refractivity (Wildman–Crippen MR) is 106 cm³/mol. The van der Waals surface area contributed by atoms with Crippen molar-refractivity contribution in [2.24, 2.45) is 0 Å². The van der Waals surface area contributed by atoms with Gasteiger partial charge in [-0.05, 0) is 39.0 Å². The van der Waals surface area contributed by atoms with Crippen molar-refractivity contribution >= 4 is 22.7 Å². The molecule has 0 spiro atoms. The van der Waals surface area contributed by atoms with E-state index in [0.717, 1.165) is 48.1 Å². The van der Waals surface area contributed by atoms with Crippen LogP contribution in [0.5, 0.6) is 0 Å². The first-order valence-electron chi connectivity index (χ1n) is 9.43. The number of H-pyrrole nitrogens is 1. The summed E-state index contributed by atoms with van der Waals surface area (Å²) in [4.78, 5) is 31.2. The van der Waals surface area contributed by atoms with Gasteiger partial charge in [0.25, 0.3) is 5.91 Å². The standard InChI is InChI=1S/C20H21N7O/c1-26-5-2-15(3-6-26)25-19(28)13-8-16-17(11-23-18(16)22-9-13)14-10-24-20-21-4-7-27(20)12-14/h4,7-12,15H,2-3,5-6H2,1H3,(H,22,23)(H,25,28). The number of aromatic amines is 1. The minimum atomic E-state index is -0.0701. The second-order valence-electron chi connectivity index (χ2n) is 7.35. The van der Waals surface area contributed by atoms with Crippen LogP contribution in [0.1, 0.15) is 23.2 Å². The number of hydrogen-bond donors (Lipinski definition) is 2. The summed E-state index contributed by atoms with van der Waals surface area (Å²) in [6.07, 6.45) is 12.8. The molecule has 1 amide bonds. The van der Waals surface area contributed by atoms with Gasteiger partial charge >= 0.3 is 0 Å². The van der Waals surface area contributed by atoms with Crippen LogP contribution in [0, 0.1) is 0 Å². The molecule has 142 valence electrons. The Morgan fingerprint density at radius 3 is 2.93 bits per heavy atom. The Bertz CT molecular complexity index is 1150. The van der Waals surface area contributed by atoms with Gasteiger partial charge in [-0.25, -0.2) is 15.0 Å². The van der Waals surface area contributed by atoms with E-state index in [0.29, 0.717) is 11.3 Å². The molecule has 8 nitrogen and oxygen atoms in total. The van der Waals surface area contributed by atoms with E-state index in [1.54, 1.807) is 18.6 Å². The maximum absolute atomic E-state index is 12.7. The van der Waals surface area contributed by atoms with E-state index < -0.39 is 0 Å². The van der Waals surface area contributed by atoms with Gasteiger partial charge in [-0.1, -0.05) is 0 Å². The van der Waals surface area contributed by atoms with Crippen LogP contribution in [-0.4, -0.2) is 61.3 Å². The lowest BCUT2D eigenvalue weighted by Gasteiger charge is -2.29. The minimum absolute atomic E-state index is 0.0701. The second kappa shape index (κ2) is 6.72. The van der Waals surface area contributed by atoms with Gasteiger partial charge in [-0.15, -0.1) is 0 Å². The lowest BCUT2D eigenvalue weighted by molar-refractivity contribution is 0.0916. The summed E-state index contributed by atoms with van der Waals surface area (Å²) in [5, 5.41) is 4.05. The second-order valence-corrected chi connectivity index (χ2v) is 7.35. The van der Waals surface area contributed by atoms with Gasteiger partial charge in [0.05, 0.1) is 5.56 Å². The molecule has 0 atom stereocenters. The Hall–Kier alpha value is -3.26. The SMILES string of the molecule is CN1CCC(NC(=O)c2cnc3[nH]cc(-c4cnc5nccn5c4)c3c2)CC1. The third-order valence-corrected chi connectivity index (χ3v) is 5.40. The number of likely N-dealkylation sites (tertiary alicyclic amines) is 1. The number of carbonyl (C=O) groups excluding carboxylic acids is 1. The maximum Gasteiger partial charge on any atom is 0.253 e. The molecule has 0 saturated carbocycles. The van der Waals surface area contributed by atoms with Crippen LogP contribution in [0.15, 0.2) is 43.2 Å². The fraction of sp³-hybridized carbons (Fsp3) is 0.300. The van der Waals surface area contributed by atoms with Gasteiger partial charge in [0.2, 0.25) is 5.78 Å². The summed E-state index contributed by atoms with van der Waals surface area (Å²) in [6.45, 7) is 2.02. The highest BCUT2D eigenvalue weighted by Crippen LogP contribution is 2.28. The van der Waals surface area contributed by atoms with Crippen molar-refractivity contribution in [2.75, 3.05) is 20.1 Å². The lowest BCUT2D eigenvalue weighted by atomic mass is 10.0. The van der Waals surface area contributed by atoms with E-state index in [9.17, 15) is 4.79 Å². The fourth-order valence-electron chi connectivity index (χ4n) is 3.74. The molecule has 0 bridgehead atoms. The molecule has 0 aromatic carbocycles. The molecule has 28 heavy (non-hydrogen) atoms. The molecule has 0 radical (unpaired) electrons. The number of piperidine rings is 1. The van der Waals surface area contributed by atoms with E-state index in [4.69, 9.17) is 0 Å². The van der Waals surface area contributed by atoms with Gasteiger partial charge in [0.15, 0.2) is 0 Å². The summed E-state index contributed by atoms with van der Waals surface area (Å²) in [6, 6.07) is 2.12. The number of nitrogens with one attached hydrogen (secondary N) is 2. The van der Waals surface area contributed by atoms with Crippen LogP contribution in [-0.2, 0) is 0 Å². The van der Waals surface area contributed by atoms with Crippen LogP contribution >= 0.6 is 0 Å². The molecular weight excluding hydrogens is 354 g/mol. The molecule has 5 heterocycles. The highest BCUT2D eigenvalue weighted by molar-refractivity contribution is 6.01. The monoisotopic (exact) mass is 375 g/mol. The van der Waals surface area contributed by atoms with Crippen molar-refractivity contribution in [3.05, 3.63) is 48.8 Å². The molecule has 1 saturated heterocycles. The Balaban J connectivity index is 1.45. The Morgan fingerprint density at radius 1 is 1.21 bits per heavy atom. The first-order valence-corrected chi connectivity index (χ1v) is 9.43. The quantitative estimate of drug-likeness (QED) is 0.572. The number of amides is 1. The van der Waals surface area contributed by atoms with Gasteiger partial charge < -0.3 is 15.2 Å². The van der Waals surface area contributed by atoms with Crippen molar-refractivity contribution < 1.29 is 4.79 Å². The average Bonchev–Trinajstić information content (AvgIpc) is 3.35. The molecule has 8 heteroatoms.